The van der Waals surface area contributed by atoms with Crippen molar-refractivity contribution in [2.75, 3.05) is 36.2 Å². The van der Waals surface area contributed by atoms with E-state index in [4.69, 9.17) is 11.5 Å². The molecule has 23 heavy (non-hydrogen) atoms. The van der Waals surface area contributed by atoms with Gasteiger partial charge in [0.15, 0.2) is 0 Å². The number of thioether (sulfide) groups is 2. The van der Waals surface area contributed by atoms with Gasteiger partial charge in [0.2, 0.25) is 0 Å². The Morgan fingerprint density at radius 3 is 1.57 bits per heavy atom. The second kappa shape index (κ2) is 19.0. The zero-order valence-corrected chi connectivity index (χ0v) is 15.8. The van der Waals surface area contributed by atoms with Crippen molar-refractivity contribution < 1.29 is 19.1 Å². The van der Waals surface area contributed by atoms with E-state index in [1.165, 1.54) is 19.3 Å². The van der Waals surface area contributed by atoms with E-state index in [1.54, 1.807) is 23.5 Å². The maximum atomic E-state index is 10.3. The summed E-state index contributed by atoms with van der Waals surface area (Å²) in [5.41, 5.74) is 10.7. The SMILES string of the molecule is C=C(CSCCOC(N)=O)CSCCOC(N)=O.CCCCC. The van der Waals surface area contributed by atoms with Gasteiger partial charge in [0.05, 0.1) is 0 Å². The van der Waals surface area contributed by atoms with Crippen LogP contribution in [0.2, 0.25) is 0 Å². The predicted octanol–water partition coefficient (Wildman–Crippen LogP) is 3.40. The summed E-state index contributed by atoms with van der Waals surface area (Å²) in [7, 11) is 0. The molecule has 0 unspecified atom stereocenters. The standard InChI is InChI=1S/C10H18N2O4S2.C5H12/c1-8(6-17-4-2-15-9(11)13)7-18-5-3-16-10(12)14;1-3-5-4-2/h1-7H2,(H2,11,13)(H2,12,14);3-5H2,1-2H3. The van der Waals surface area contributed by atoms with Crippen LogP contribution in [-0.4, -0.2) is 48.4 Å². The van der Waals surface area contributed by atoms with Crippen LogP contribution in [0.1, 0.15) is 33.1 Å². The highest BCUT2D eigenvalue weighted by molar-refractivity contribution is 8.00. The highest BCUT2D eigenvalue weighted by atomic mass is 32.2. The number of unbranched alkanes of at least 4 members (excludes halogenated alkanes) is 2. The van der Waals surface area contributed by atoms with E-state index in [2.05, 4.69) is 29.9 Å². The lowest BCUT2D eigenvalue weighted by Gasteiger charge is -2.06. The third-order valence-electron chi connectivity index (χ3n) is 2.26. The number of hydrogen-bond acceptors (Lipinski definition) is 6. The van der Waals surface area contributed by atoms with Gasteiger partial charge in [0.1, 0.15) is 13.2 Å². The summed E-state index contributed by atoms with van der Waals surface area (Å²) in [4.78, 5) is 20.5. The van der Waals surface area contributed by atoms with Crippen LogP contribution in [0, 0.1) is 0 Å². The normalized spacial score (nSPS) is 9.48. The summed E-state index contributed by atoms with van der Waals surface area (Å²) in [5, 5.41) is 0. The highest BCUT2D eigenvalue weighted by Crippen LogP contribution is 2.12. The minimum absolute atomic E-state index is 0.312. The van der Waals surface area contributed by atoms with Crippen LogP contribution in [0.25, 0.3) is 0 Å². The molecule has 0 radical (unpaired) electrons. The van der Waals surface area contributed by atoms with E-state index in [9.17, 15) is 9.59 Å². The molecule has 0 aromatic rings. The zero-order chi connectivity index (χ0) is 17.9. The van der Waals surface area contributed by atoms with Crippen molar-refractivity contribution in [2.24, 2.45) is 11.5 Å². The number of ether oxygens (including phenoxy) is 2. The quantitative estimate of drug-likeness (QED) is 0.405. The van der Waals surface area contributed by atoms with Crippen molar-refractivity contribution in [3.63, 3.8) is 0 Å². The Balaban J connectivity index is 0. The lowest BCUT2D eigenvalue weighted by molar-refractivity contribution is 0.163. The Morgan fingerprint density at radius 2 is 1.30 bits per heavy atom. The molecule has 0 spiro atoms. The molecule has 2 amide bonds. The molecular weight excluding hydrogens is 336 g/mol. The molecule has 0 rings (SSSR count). The third kappa shape index (κ3) is 26.2. The Bertz CT molecular complexity index is 301. The van der Waals surface area contributed by atoms with Gasteiger partial charge in [0, 0.05) is 23.0 Å². The largest absolute Gasteiger partial charge is 0.449 e. The number of rotatable bonds is 12. The average molecular weight is 367 g/mol. The molecule has 0 saturated carbocycles. The fourth-order valence-electron chi connectivity index (χ4n) is 1.23. The van der Waals surface area contributed by atoms with Gasteiger partial charge in [-0.25, -0.2) is 9.59 Å². The van der Waals surface area contributed by atoms with Crippen LogP contribution >= 0.6 is 23.5 Å². The van der Waals surface area contributed by atoms with E-state index < -0.39 is 12.2 Å². The molecule has 0 aliphatic heterocycles. The Hall–Kier alpha value is -1.02. The molecule has 0 aliphatic rings. The molecule has 0 heterocycles. The molecule has 4 N–H and O–H groups in total. The van der Waals surface area contributed by atoms with Gasteiger partial charge in [-0.3, -0.25) is 0 Å². The highest BCUT2D eigenvalue weighted by Gasteiger charge is 1.99. The summed E-state index contributed by atoms with van der Waals surface area (Å²) in [6.45, 7) is 8.96. The van der Waals surface area contributed by atoms with Crippen molar-refractivity contribution >= 4 is 35.7 Å². The molecule has 136 valence electrons. The second-order valence-electron chi connectivity index (χ2n) is 4.54. The minimum Gasteiger partial charge on any atom is -0.449 e. The predicted molar refractivity (Wildman–Crippen MR) is 100 cm³/mol. The summed E-state index contributed by atoms with van der Waals surface area (Å²) in [5.74, 6) is 2.98. The van der Waals surface area contributed by atoms with E-state index in [-0.39, 0.29) is 0 Å². The number of hydrogen-bond donors (Lipinski definition) is 2. The lowest BCUT2D eigenvalue weighted by Crippen LogP contribution is -2.15. The number of amides is 2. The van der Waals surface area contributed by atoms with E-state index in [0.717, 1.165) is 17.1 Å². The fraction of sp³-hybridized carbons (Fsp3) is 0.733. The number of primary amides is 2. The van der Waals surface area contributed by atoms with Gasteiger partial charge >= 0.3 is 12.2 Å². The van der Waals surface area contributed by atoms with Gasteiger partial charge in [-0.15, -0.1) is 0 Å². The fourth-order valence-corrected chi connectivity index (χ4v) is 2.83. The van der Waals surface area contributed by atoms with Gasteiger partial charge in [0.25, 0.3) is 0 Å². The number of carbonyl (C=O) groups excluding carboxylic acids is 2. The van der Waals surface area contributed by atoms with Crippen LogP contribution in [0.4, 0.5) is 9.59 Å². The van der Waals surface area contributed by atoms with Crippen LogP contribution in [0.5, 0.6) is 0 Å². The second-order valence-corrected chi connectivity index (χ2v) is 6.75. The molecule has 8 heteroatoms. The summed E-state index contributed by atoms with van der Waals surface area (Å²) in [6, 6.07) is 0. The van der Waals surface area contributed by atoms with Crippen LogP contribution in [-0.2, 0) is 9.47 Å². The molecule has 0 aliphatic carbocycles. The van der Waals surface area contributed by atoms with Crippen LogP contribution in [0.3, 0.4) is 0 Å². The first kappa shape index (κ1) is 24.2. The minimum atomic E-state index is -0.751. The van der Waals surface area contributed by atoms with Gasteiger partial charge in [-0.2, -0.15) is 23.5 Å². The van der Waals surface area contributed by atoms with Crippen molar-refractivity contribution in [2.45, 2.75) is 33.1 Å². The smallest absolute Gasteiger partial charge is 0.404 e. The summed E-state index contributed by atoms with van der Waals surface area (Å²) in [6.07, 6.45) is 2.58. The molecular formula is C15H30N2O4S2. The third-order valence-corrected chi connectivity index (χ3v) is 4.40. The van der Waals surface area contributed by atoms with Gasteiger partial charge in [-0.05, 0) is 0 Å². The first-order chi connectivity index (χ1) is 10.9. The van der Waals surface area contributed by atoms with E-state index in [0.29, 0.717) is 24.7 Å². The molecule has 6 nitrogen and oxygen atoms in total. The van der Waals surface area contributed by atoms with Crippen molar-refractivity contribution in [3.8, 4) is 0 Å². The topological polar surface area (TPSA) is 105 Å². The number of nitrogens with two attached hydrogens (primary N) is 2. The van der Waals surface area contributed by atoms with E-state index in [1.807, 2.05) is 0 Å². The number of carbonyl (C=O) groups is 2. The zero-order valence-electron chi connectivity index (χ0n) is 14.2. The van der Waals surface area contributed by atoms with Gasteiger partial charge in [-0.1, -0.05) is 45.3 Å². The molecule has 0 aromatic carbocycles. The maximum Gasteiger partial charge on any atom is 0.404 e. The van der Waals surface area contributed by atoms with Crippen molar-refractivity contribution in [1.29, 1.82) is 0 Å². The summed E-state index contributed by atoms with van der Waals surface area (Å²) < 4.78 is 9.16. The first-order valence-corrected chi connectivity index (χ1v) is 9.91. The molecule has 0 saturated heterocycles. The average Bonchev–Trinajstić information content (AvgIpc) is 2.47. The Kier molecular flexibility index (Phi) is 20.0. The molecule has 0 bridgehead atoms. The van der Waals surface area contributed by atoms with Crippen molar-refractivity contribution in [3.05, 3.63) is 12.2 Å². The monoisotopic (exact) mass is 366 g/mol. The molecule has 0 fully saturated rings. The summed E-state index contributed by atoms with van der Waals surface area (Å²) >= 11 is 3.24. The van der Waals surface area contributed by atoms with Crippen LogP contribution < -0.4 is 11.5 Å². The lowest BCUT2D eigenvalue weighted by atomic mass is 10.3. The molecule has 0 aromatic heterocycles. The van der Waals surface area contributed by atoms with Crippen LogP contribution in [0.15, 0.2) is 12.2 Å². The van der Waals surface area contributed by atoms with Gasteiger partial charge < -0.3 is 20.9 Å². The Labute approximate surface area is 148 Å². The molecule has 0 atom stereocenters. The van der Waals surface area contributed by atoms with E-state index >= 15 is 0 Å². The Morgan fingerprint density at radius 1 is 0.913 bits per heavy atom. The van der Waals surface area contributed by atoms with Crippen molar-refractivity contribution in [1.82, 2.24) is 0 Å². The first-order valence-electron chi connectivity index (χ1n) is 7.60. The maximum absolute atomic E-state index is 10.3.